The minimum Gasteiger partial charge on any atom is -0.457 e. The van der Waals surface area contributed by atoms with Crippen LogP contribution in [0.1, 0.15) is 24.0 Å². The molecule has 2 aromatic rings. The van der Waals surface area contributed by atoms with Gasteiger partial charge >= 0.3 is 0 Å². The fourth-order valence-corrected chi connectivity index (χ4v) is 2.70. The zero-order chi connectivity index (χ0) is 20.7. The van der Waals surface area contributed by atoms with Gasteiger partial charge in [0, 0.05) is 39.4 Å². The Morgan fingerprint density at radius 3 is 2.50 bits per heavy atom. The maximum atomic E-state index is 6.09. The molecule has 0 aromatic heterocycles. The molecule has 2 N–H and O–H groups in total. The summed E-state index contributed by atoms with van der Waals surface area (Å²) in [5.41, 5.74) is 2.24. The van der Waals surface area contributed by atoms with Crippen molar-refractivity contribution in [3.8, 4) is 11.5 Å². The fraction of sp³-hybridized carbons (Fsp3) is 0.435. The normalized spacial score (nSPS) is 11.0. The van der Waals surface area contributed by atoms with Crippen molar-refractivity contribution >= 4 is 29.9 Å². The highest BCUT2D eigenvalue weighted by Crippen LogP contribution is 2.26. The first-order valence-corrected chi connectivity index (χ1v) is 10.1. The van der Waals surface area contributed by atoms with E-state index in [0.29, 0.717) is 19.8 Å². The van der Waals surface area contributed by atoms with Gasteiger partial charge in [0.2, 0.25) is 0 Å². The summed E-state index contributed by atoms with van der Waals surface area (Å²) in [6.45, 7) is 5.58. The van der Waals surface area contributed by atoms with Gasteiger partial charge < -0.3 is 24.8 Å². The Labute approximate surface area is 197 Å². The first-order chi connectivity index (χ1) is 14.2. The van der Waals surface area contributed by atoms with Crippen molar-refractivity contribution < 1.29 is 14.2 Å². The molecule has 0 heterocycles. The first-order valence-electron chi connectivity index (χ1n) is 10.1. The van der Waals surface area contributed by atoms with Crippen LogP contribution in [0.3, 0.4) is 0 Å². The Kier molecular flexibility index (Phi) is 13.9. The van der Waals surface area contributed by atoms with Gasteiger partial charge in [-0.05, 0) is 43.5 Å². The maximum absolute atomic E-state index is 6.09. The van der Waals surface area contributed by atoms with E-state index in [1.165, 1.54) is 0 Å². The number of guanidine groups is 1. The topological polar surface area (TPSA) is 64.1 Å². The smallest absolute Gasteiger partial charge is 0.191 e. The summed E-state index contributed by atoms with van der Waals surface area (Å²) in [5, 5.41) is 6.70. The molecule has 0 fully saturated rings. The molecule has 7 heteroatoms. The lowest BCUT2D eigenvalue weighted by Crippen LogP contribution is -2.37. The molecule has 2 rings (SSSR count). The number of halogens is 1. The number of aryl methyl sites for hydroxylation is 1. The Hall–Kier alpha value is -1.84. The zero-order valence-electron chi connectivity index (χ0n) is 18.1. The van der Waals surface area contributed by atoms with Crippen LogP contribution >= 0.6 is 24.0 Å². The van der Waals surface area contributed by atoms with Crippen LogP contribution < -0.4 is 15.4 Å². The lowest BCUT2D eigenvalue weighted by Gasteiger charge is -2.15. The van der Waals surface area contributed by atoms with Crippen LogP contribution in [0.15, 0.2) is 53.5 Å². The largest absolute Gasteiger partial charge is 0.457 e. The number of rotatable bonds is 12. The molecule has 0 saturated heterocycles. The minimum absolute atomic E-state index is 0. The number of unbranched alkanes of at least 4 members (excludes halogenated alkanes) is 1. The van der Waals surface area contributed by atoms with Crippen LogP contribution in [-0.4, -0.2) is 46.5 Å². The fourth-order valence-electron chi connectivity index (χ4n) is 2.70. The molecule has 0 radical (unpaired) electrons. The number of nitrogens with zero attached hydrogens (tertiary/aromatic N) is 1. The number of benzene rings is 2. The van der Waals surface area contributed by atoms with E-state index in [2.05, 4.69) is 40.7 Å². The molecule has 0 aliphatic rings. The van der Waals surface area contributed by atoms with E-state index in [1.807, 2.05) is 30.3 Å². The van der Waals surface area contributed by atoms with Crippen molar-refractivity contribution in [2.45, 2.75) is 26.3 Å². The van der Waals surface area contributed by atoms with Crippen LogP contribution in [0.2, 0.25) is 0 Å². The summed E-state index contributed by atoms with van der Waals surface area (Å²) < 4.78 is 16.5. The first kappa shape index (κ1) is 26.2. The SMILES string of the molecule is CN=C(NCCCCOCCOC)NCc1ccc(C)cc1Oc1ccccc1.I. The van der Waals surface area contributed by atoms with Crippen molar-refractivity contribution in [2.75, 3.05) is 40.5 Å². The zero-order valence-corrected chi connectivity index (χ0v) is 20.5. The van der Waals surface area contributed by atoms with Gasteiger partial charge in [0.25, 0.3) is 0 Å². The second-order valence-corrected chi connectivity index (χ2v) is 6.69. The number of hydrogen-bond donors (Lipinski definition) is 2. The van der Waals surface area contributed by atoms with Crippen molar-refractivity contribution in [1.82, 2.24) is 10.6 Å². The standard InChI is InChI=1S/C23H33N3O3.HI/c1-19-11-12-20(22(17-19)29-21-9-5-4-6-10-21)18-26-23(24-2)25-13-7-8-14-28-16-15-27-3;/h4-6,9-12,17H,7-8,13-16,18H2,1-3H3,(H2,24,25,26);1H. The number of ether oxygens (including phenoxy) is 3. The van der Waals surface area contributed by atoms with Gasteiger partial charge in [0.1, 0.15) is 11.5 Å². The number of nitrogens with one attached hydrogen (secondary N) is 2. The van der Waals surface area contributed by atoms with Gasteiger partial charge in [-0.1, -0.05) is 30.3 Å². The average molecular weight is 527 g/mol. The molecule has 0 bridgehead atoms. The second kappa shape index (κ2) is 15.9. The van der Waals surface area contributed by atoms with E-state index in [-0.39, 0.29) is 24.0 Å². The van der Waals surface area contributed by atoms with E-state index in [9.17, 15) is 0 Å². The van der Waals surface area contributed by atoms with Crippen LogP contribution in [0.5, 0.6) is 11.5 Å². The highest BCUT2D eigenvalue weighted by Gasteiger charge is 2.07. The lowest BCUT2D eigenvalue weighted by atomic mass is 10.1. The predicted molar refractivity (Wildman–Crippen MR) is 133 cm³/mol. The summed E-state index contributed by atoms with van der Waals surface area (Å²) >= 11 is 0. The highest BCUT2D eigenvalue weighted by atomic mass is 127. The van der Waals surface area contributed by atoms with Gasteiger partial charge in [-0.15, -0.1) is 24.0 Å². The Morgan fingerprint density at radius 2 is 1.77 bits per heavy atom. The quantitative estimate of drug-likeness (QED) is 0.184. The van der Waals surface area contributed by atoms with Crippen LogP contribution in [0.4, 0.5) is 0 Å². The second-order valence-electron chi connectivity index (χ2n) is 6.69. The number of hydrogen-bond acceptors (Lipinski definition) is 4. The third-order valence-corrected chi connectivity index (χ3v) is 4.30. The lowest BCUT2D eigenvalue weighted by molar-refractivity contribution is 0.0689. The summed E-state index contributed by atoms with van der Waals surface area (Å²) in [6.07, 6.45) is 2.02. The Balaban J connectivity index is 0.00000450. The molecule has 0 unspecified atom stereocenters. The molecule has 30 heavy (non-hydrogen) atoms. The number of para-hydroxylation sites is 1. The van der Waals surface area contributed by atoms with Gasteiger partial charge in [-0.25, -0.2) is 0 Å². The molecule has 0 aliphatic heterocycles. The molecule has 0 aliphatic carbocycles. The Morgan fingerprint density at radius 1 is 0.967 bits per heavy atom. The summed E-state index contributed by atoms with van der Waals surface area (Å²) in [4.78, 5) is 4.30. The molecular formula is C23H34IN3O3. The molecule has 0 amide bonds. The Bertz CT molecular complexity index is 742. The van der Waals surface area contributed by atoms with Crippen LogP contribution in [-0.2, 0) is 16.0 Å². The maximum Gasteiger partial charge on any atom is 0.191 e. The van der Waals surface area contributed by atoms with E-state index >= 15 is 0 Å². The predicted octanol–water partition coefficient (Wildman–Crippen LogP) is 4.51. The van der Waals surface area contributed by atoms with Crippen molar-refractivity contribution in [3.63, 3.8) is 0 Å². The molecule has 0 saturated carbocycles. The van der Waals surface area contributed by atoms with E-state index < -0.39 is 0 Å². The van der Waals surface area contributed by atoms with E-state index in [0.717, 1.165) is 54.6 Å². The third kappa shape index (κ3) is 10.3. The van der Waals surface area contributed by atoms with Gasteiger partial charge in [-0.2, -0.15) is 0 Å². The van der Waals surface area contributed by atoms with Gasteiger partial charge in [-0.3, -0.25) is 4.99 Å². The molecule has 6 nitrogen and oxygen atoms in total. The summed E-state index contributed by atoms with van der Waals surface area (Å²) in [6, 6.07) is 16.1. The average Bonchev–Trinajstić information content (AvgIpc) is 2.74. The van der Waals surface area contributed by atoms with Crippen molar-refractivity contribution in [1.29, 1.82) is 0 Å². The molecular weight excluding hydrogens is 493 g/mol. The van der Waals surface area contributed by atoms with Gasteiger partial charge in [0.15, 0.2) is 5.96 Å². The molecule has 2 aromatic carbocycles. The van der Waals surface area contributed by atoms with Crippen LogP contribution in [0, 0.1) is 6.92 Å². The summed E-state index contributed by atoms with van der Waals surface area (Å²) in [7, 11) is 3.46. The minimum atomic E-state index is 0. The van der Waals surface area contributed by atoms with E-state index in [4.69, 9.17) is 14.2 Å². The van der Waals surface area contributed by atoms with Crippen molar-refractivity contribution in [2.24, 2.45) is 4.99 Å². The molecule has 0 atom stereocenters. The van der Waals surface area contributed by atoms with Crippen LogP contribution in [0.25, 0.3) is 0 Å². The molecule has 166 valence electrons. The van der Waals surface area contributed by atoms with E-state index in [1.54, 1.807) is 14.2 Å². The monoisotopic (exact) mass is 527 g/mol. The third-order valence-electron chi connectivity index (χ3n) is 4.30. The highest BCUT2D eigenvalue weighted by molar-refractivity contribution is 14.0. The number of aliphatic imine (C=N–C) groups is 1. The molecule has 0 spiro atoms. The van der Waals surface area contributed by atoms with Gasteiger partial charge in [0.05, 0.1) is 13.2 Å². The summed E-state index contributed by atoms with van der Waals surface area (Å²) in [5.74, 6) is 2.46. The number of methoxy groups -OCH3 is 1. The van der Waals surface area contributed by atoms with Crippen molar-refractivity contribution in [3.05, 3.63) is 59.7 Å².